The van der Waals surface area contributed by atoms with Gasteiger partial charge in [-0.25, -0.2) is 0 Å². The van der Waals surface area contributed by atoms with Crippen molar-refractivity contribution in [3.8, 4) is 0 Å². The fourth-order valence-electron chi connectivity index (χ4n) is 2.91. The molecule has 0 aromatic carbocycles. The van der Waals surface area contributed by atoms with E-state index in [2.05, 4.69) is 49.3 Å². The molecule has 114 valence electrons. The summed E-state index contributed by atoms with van der Waals surface area (Å²) in [5.41, 5.74) is 6.01. The second-order valence-electron chi connectivity index (χ2n) is 6.40. The summed E-state index contributed by atoms with van der Waals surface area (Å²) in [5, 5.41) is 0. The maximum absolute atomic E-state index is 6.01. The normalized spacial score (nSPS) is 20.7. The second kappa shape index (κ2) is 8.20. The Morgan fingerprint density at radius 3 is 2.00 bits per heavy atom. The van der Waals surface area contributed by atoms with Crippen LogP contribution in [0.3, 0.4) is 0 Å². The van der Waals surface area contributed by atoms with E-state index < -0.39 is 0 Å². The van der Waals surface area contributed by atoms with E-state index >= 15 is 0 Å². The van der Waals surface area contributed by atoms with E-state index in [-0.39, 0.29) is 6.17 Å². The Kier molecular flexibility index (Phi) is 7.29. The van der Waals surface area contributed by atoms with Gasteiger partial charge in [0.25, 0.3) is 0 Å². The van der Waals surface area contributed by atoms with Gasteiger partial charge in [0.1, 0.15) is 0 Å². The van der Waals surface area contributed by atoms with Crippen LogP contribution >= 0.6 is 0 Å². The van der Waals surface area contributed by atoms with E-state index in [9.17, 15) is 0 Å². The van der Waals surface area contributed by atoms with Crippen molar-refractivity contribution < 1.29 is 0 Å². The Morgan fingerprint density at radius 1 is 1.00 bits per heavy atom. The minimum atomic E-state index is 0.165. The van der Waals surface area contributed by atoms with Crippen molar-refractivity contribution in [3.63, 3.8) is 0 Å². The number of nitrogens with zero attached hydrogens (tertiary/aromatic N) is 3. The molecule has 0 aromatic rings. The summed E-state index contributed by atoms with van der Waals surface area (Å²) >= 11 is 0. The Hall–Kier alpha value is -0.160. The summed E-state index contributed by atoms with van der Waals surface area (Å²) in [4.78, 5) is 7.54. The second-order valence-corrected chi connectivity index (χ2v) is 6.40. The molecule has 0 aromatic heterocycles. The van der Waals surface area contributed by atoms with Crippen molar-refractivity contribution >= 4 is 0 Å². The molecule has 1 saturated heterocycles. The molecular formula is C15H34N4. The summed E-state index contributed by atoms with van der Waals surface area (Å²) in [5.74, 6) is 0. The molecule has 19 heavy (non-hydrogen) atoms. The van der Waals surface area contributed by atoms with Gasteiger partial charge in [-0.2, -0.15) is 0 Å². The molecule has 1 aliphatic rings. The first-order chi connectivity index (χ1) is 8.91. The van der Waals surface area contributed by atoms with Gasteiger partial charge in [-0.1, -0.05) is 0 Å². The third-order valence-electron chi connectivity index (χ3n) is 4.21. The van der Waals surface area contributed by atoms with Gasteiger partial charge < -0.3 is 10.6 Å². The zero-order chi connectivity index (χ0) is 14.4. The molecule has 2 N–H and O–H groups in total. The lowest BCUT2D eigenvalue weighted by atomic mass is 10.2. The molecule has 0 bridgehead atoms. The molecule has 0 radical (unpaired) electrons. The zero-order valence-electron chi connectivity index (χ0n) is 13.6. The van der Waals surface area contributed by atoms with Crippen LogP contribution in [0.2, 0.25) is 0 Å². The van der Waals surface area contributed by atoms with Crippen LogP contribution in [0.25, 0.3) is 0 Å². The van der Waals surface area contributed by atoms with Gasteiger partial charge >= 0.3 is 0 Å². The van der Waals surface area contributed by atoms with Crippen molar-refractivity contribution in [2.45, 2.75) is 59.3 Å². The van der Waals surface area contributed by atoms with Gasteiger partial charge in [0, 0.05) is 44.8 Å². The van der Waals surface area contributed by atoms with Crippen molar-refractivity contribution in [2.75, 3.05) is 39.3 Å². The van der Waals surface area contributed by atoms with Crippen LogP contribution in [0, 0.1) is 0 Å². The highest BCUT2D eigenvalue weighted by Crippen LogP contribution is 2.08. The van der Waals surface area contributed by atoms with Crippen LogP contribution in [0.4, 0.5) is 0 Å². The van der Waals surface area contributed by atoms with Crippen LogP contribution in [0.15, 0.2) is 0 Å². The summed E-state index contributed by atoms with van der Waals surface area (Å²) in [7, 11) is 0. The fraction of sp³-hybridized carbons (Fsp3) is 1.00. The molecule has 0 amide bonds. The van der Waals surface area contributed by atoms with Gasteiger partial charge in [0.05, 0.1) is 6.17 Å². The van der Waals surface area contributed by atoms with Gasteiger partial charge in [-0.05, 0) is 47.6 Å². The fourth-order valence-corrected chi connectivity index (χ4v) is 2.91. The van der Waals surface area contributed by atoms with Crippen LogP contribution in [0.1, 0.15) is 41.0 Å². The molecule has 1 heterocycles. The molecule has 4 heteroatoms. The first-order valence-corrected chi connectivity index (χ1v) is 7.89. The minimum Gasteiger partial charge on any atom is -0.316 e. The van der Waals surface area contributed by atoms with Crippen molar-refractivity contribution in [1.29, 1.82) is 0 Å². The summed E-state index contributed by atoms with van der Waals surface area (Å²) in [6.07, 6.45) is 1.39. The lowest BCUT2D eigenvalue weighted by Crippen LogP contribution is -2.50. The Bertz CT molecular complexity index is 224. The highest BCUT2D eigenvalue weighted by molar-refractivity contribution is 4.75. The topological polar surface area (TPSA) is 35.7 Å². The number of hydrogen-bond donors (Lipinski definition) is 1. The van der Waals surface area contributed by atoms with E-state index in [0.29, 0.717) is 12.1 Å². The summed E-state index contributed by atoms with van der Waals surface area (Å²) in [6.45, 7) is 18.3. The highest BCUT2D eigenvalue weighted by Gasteiger charge is 2.19. The summed E-state index contributed by atoms with van der Waals surface area (Å²) in [6, 6.07) is 1.23. The molecule has 0 spiro atoms. The van der Waals surface area contributed by atoms with Gasteiger partial charge in [-0.15, -0.1) is 0 Å². The third-order valence-corrected chi connectivity index (χ3v) is 4.21. The standard InChI is InChI=1S/C15H34N4/c1-13(2)18-11-9-17(10-12-18)7-6-8-19(14(3)4)15(5)16/h13-15H,6-12,16H2,1-5H3. The Labute approximate surface area is 119 Å². The van der Waals surface area contributed by atoms with E-state index in [4.69, 9.17) is 5.73 Å². The smallest absolute Gasteiger partial charge is 0.0545 e. The first-order valence-electron chi connectivity index (χ1n) is 7.89. The van der Waals surface area contributed by atoms with Crippen molar-refractivity contribution in [3.05, 3.63) is 0 Å². The average molecular weight is 270 g/mol. The number of nitrogens with two attached hydrogens (primary N) is 1. The predicted molar refractivity (Wildman–Crippen MR) is 83.3 cm³/mol. The van der Waals surface area contributed by atoms with Crippen LogP contribution < -0.4 is 5.73 Å². The largest absolute Gasteiger partial charge is 0.316 e. The van der Waals surface area contributed by atoms with Gasteiger partial charge in [0.15, 0.2) is 0 Å². The van der Waals surface area contributed by atoms with Gasteiger partial charge in [-0.3, -0.25) is 9.80 Å². The van der Waals surface area contributed by atoms with E-state index in [1.807, 2.05) is 0 Å². The van der Waals surface area contributed by atoms with Crippen LogP contribution in [-0.4, -0.2) is 72.2 Å². The molecule has 1 rings (SSSR count). The Morgan fingerprint density at radius 2 is 1.58 bits per heavy atom. The van der Waals surface area contributed by atoms with Crippen LogP contribution in [0.5, 0.6) is 0 Å². The Balaban J connectivity index is 2.20. The lowest BCUT2D eigenvalue weighted by Gasteiger charge is -2.37. The van der Waals surface area contributed by atoms with Gasteiger partial charge in [0.2, 0.25) is 0 Å². The molecule has 0 aliphatic carbocycles. The van der Waals surface area contributed by atoms with Crippen molar-refractivity contribution in [2.24, 2.45) is 5.73 Å². The maximum atomic E-state index is 6.01. The van der Waals surface area contributed by atoms with E-state index in [1.54, 1.807) is 0 Å². The molecule has 1 atom stereocenters. The number of rotatable bonds is 7. The van der Waals surface area contributed by atoms with E-state index in [0.717, 1.165) is 6.54 Å². The molecule has 0 saturated carbocycles. The molecule has 4 nitrogen and oxygen atoms in total. The molecule has 1 fully saturated rings. The van der Waals surface area contributed by atoms with Crippen molar-refractivity contribution in [1.82, 2.24) is 14.7 Å². The molecule has 1 unspecified atom stereocenters. The molecular weight excluding hydrogens is 236 g/mol. The van der Waals surface area contributed by atoms with E-state index in [1.165, 1.54) is 39.1 Å². The number of piperazine rings is 1. The highest BCUT2D eigenvalue weighted by atomic mass is 15.3. The lowest BCUT2D eigenvalue weighted by molar-refractivity contribution is 0.0988. The quantitative estimate of drug-likeness (QED) is 0.710. The maximum Gasteiger partial charge on any atom is 0.0545 e. The number of hydrogen-bond acceptors (Lipinski definition) is 4. The monoisotopic (exact) mass is 270 g/mol. The SMILES string of the molecule is CC(C)N1CCN(CCCN(C(C)C)C(C)N)CC1. The third kappa shape index (κ3) is 5.78. The predicted octanol–water partition coefficient (Wildman–Crippen LogP) is 1.42. The minimum absolute atomic E-state index is 0.165. The average Bonchev–Trinajstić information content (AvgIpc) is 2.34. The zero-order valence-corrected chi connectivity index (χ0v) is 13.6. The summed E-state index contributed by atoms with van der Waals surface area (Å²) < 4.78 is 0. The van der Waals surface area contributed by atoms with Crippen LogP contribution in [-0.2, 0) is 0 Å². The first kappa shape index (κ1) is 16.9. The molecule has 1 aliphatic heterocycles.